The Morgan fingerprint density at radius 2 is 1.85 bits per heavy atom. The zero-order chi connectivity index (χ0) is 18.6. The van der Waals surface area contributed by atoms with E-state index in [1.807, 2.05) is 30.0 Å². The zero-order valence-corrected chi connectivity index (χ0v) is 16.7. The number of aromatic nitrogens is 3. The number of benzene rings is 1. The first-order chi connectivity index (χ1) is 13.2. The Balaban J connectivity index is 1.29. The lowest BCUT2D eigenvalue weighted by Crippen LogP contribution is -2.49. The summed E-state index contributed by atoms with van der Waals surface area (Å²) < 4.78 is 2.08. The van der Waals surface area contributed by atoms with E-state index in [9.17, 15) is 4.79 Å². The van der Waals surface area contributed by atoms with Gasteiger partial charge in [-0.1, -0.05) is 42.1 Å². The van der Waals surface area contributed by atoms with Gasteiger partial charge in [-0.05, 0) is 31.2 Å². The first-order valence-corrected chi connectivity index (χ1v) is 10.7. The Bertz CT molecular complexity index is 766. The Morgan fingerprint density at radius 3 is 2.56 bits per heavy atom. The van der Waals surface area contributed by atoms with Gasteiger partial charge in [-0.25, -0.2) is 0 Å². The minimum atomic E-state index is 0.206. The molecule has 1 aromatic carbocycles. The highest BCUT2D eigenvalue weighted by Crippen LogP contribution is 2.30. The van der Waals surface area contributed by atoms with Crippen LogP contribution in [0.3, 0.4) is 0 Å². The van der Waals surface area contributed by atoms with Crippen LogP contribution in [0.2, 0.25) is 0 Å². The fourth-order valence-electron chi connectivity index (χ4n) is 3.48. The van der Waals surface area contributed by atoms with Gasteiger partial charge in [0.2, 0.25) is 5.91 Å². The van der Waals surface area contributed by atoms with Gasteiger partial charge < -0.3 is 9.47 Å². The monoisotopic (exact) mass is 385 g/mol. The van der Waals surface area contributed by atoms with Crippen LogP contribution in [0.25, 0.3) is 0 Å². The third-order valence-corrected chi connectivity index (χ3v) is 6.30. The molecule has 1 aliphatic heterocycles. The van der Waals surface area contributed by atoms with Gasteiger partial charge in [-0.2, -0.15) is 0 Å². The van der Waals surface area contributed by atoms with Crippen molar-refractivity contribution in [1.29, 1.82) is 0 Å². The summed E-state index contributed by atoms with van der Waals surface area (Å²) in [6, 6.07) is 10.3. The van der Waals surface area contributed by atoms with Gasteiger partial charge in [0.15, 0.2) is 5.16 Å². The van der Waals surface area contributed by atoms with Crippen molar-refractivity contribution in [2.24, 2.45) is 5.92 Å². The number of rotatable bonds is 7. The van der Waals surface area contributed by atoms with Crippen molar-refractivity contribution in [1.82, 2.24) is 24.6 Å². The van der Waals surface area contributed by atoms with Crippen molar-refractivity contribution in [2.45, 2.75) is 31.5 Å². The summed E-state index contributed by atoms with van der Waals surface area (Å²) in [6.45, 7) is 7.63. The van der Waals surface area contributed by atoms with E-state index >= 15 is 0 Å². The van der Waals surface area contributed by atoms with Crippen molar-refractivity contribution in [2.75, 3.05) is 38.5 Å². The fourth-order valence-corrected chi connectivity index (χ4v) is 4.37. The maximum Gasteiger partial charge on any atom is 0.233 e. The van der Waals surface area contributed by atoms with Crippen LogP contribution in [0.1, 0.15) is 24.2 Å². The van der Waals surface area contributed by atoms with Crippen molar-refractivity contribution in [3.05, 3.63) is 41.7 Å². The number of thioether (sulfide) groups is 1. The summed E-state index contributed by atoms with van der Waals surface area (Å²) in [6.07, 6.45) is 2.78. The predicted octanol–water partition coefficient (Wildman–Crippen LogP) is 2.28. The molecule has 0 spiro atoms. The van der Waals surface area contributed by atoms with E-state index in [0.717, 1.165) is 49.6 Å². The molecule has 0 unspecified atom stereocenters. The molecular weight excluding hydrogens is 358 g/mol. The van der Waals surface area contributed by atoms with Crippen molar-refractivity contribution < 1.29 is 4.79 Å². The van der Waals surface area contributed by atoms with Crippen LogP contribution in [0.4, 0.5) is 0 Å². The molecule has 144 valence electrons. The molecule has 2 fully saturated rings. The molecule has 1 saturated heterocycles. The first-order valence-electron chi connectivity index (χ1n) is 9.75. The van der Waals surface area contributed by atoms with Gasteiger partial charge >= 0.3 is 0 Å². The third kappa shape index (κ3) is 4.90. The standard InChI is InChI=1S/C20H27N5OS/c1-16-21-22-20(25(16)14-17-5-3-2-4-6-17)27-15-19(26)24-11-9-23(10-12-24)13-18-7-8-18/h2-6,18H,7-15H2,1H3. The second-order valence-corrected chi connectivity index (χ2v) is 8.46. The first kappa shape index (κ1) is 18.5. The molecule has 0 N–H and O–H groups in total. The Morgan fingerprint density at radius 1 is 1.11 bits per heavy atom. The number of nitrogens with zero attached hydrogens (tertiary/aromatic N) is 5. The van der Waals surface area contributed by atoms with Gasteiger partial charge in [0.1, 0.15) is 5.82 Å². The highest BCUT2D eigenvalue weighted by atomic mass is 32.2. The molecule has 2 aromatic rings. The van der Waals surface area contributed by atoms with Gasteiger partial charge in [-0.3, -0.25) is 9.69 Å². The lowest BCUT2D eigenvalue weighted by Gasteiger charge is -2.34. The van der Waals surface area contributed by atoms with E-state index in [-0.39, 0.29) is 5.91 Å². The average molecular weight is 386 g/mol. The highest BCUT2D eigenvalue weighted by molar-refractivity contribution is 7.99. The van der Waals surface area contributed by atoms with E-state index < -0.39 is 0 Å². The Hall–Kier alpha value is -1.86. The number of hydrogen-bond donors (Lipinski definition) is 0. The number of piperazine rings is 1. The smallest absolute Gasteiger partial charge is 0.233 e. The number of hydrogen-bond acceptors (Lipinski definition) is 5. The molecule has 1 amide bonds. The molecule has 4 rings (SSSR count). The van der Waals surface area contributed by atoms with Crippen molar-refractivity contribution >= 4 is 17.7 Å². The normalized spacial score (nSPS) is 18.0. The van der Waals surface area contributed by atoms with E-state index in [0.29, 0.717) is 5.75 Å². The molecule has 1 saturated carbocycles. The van der Waals surface area contributed by atoms with Crippen LogP contribution in [-0.4, -0.2) is 68.9 Å². The number of carbonyl (C=O) groups excluding carboxylic acids is 1. The third-order valence-electron chi connectivity index (χ3n) is 5.35. The number of carbonyl (C=O) groups is 1. The van der Waals surface area contributed by atoms with Crippen LogP contribution >= 0.6 is 11.8 Å². The minimum Gasteiger partial charge on any atom is -0.339 e. The van der Waals surface area contributed by atoms with Crippen molar-refractivity contribution in [3.63, 3.8) is 0 Å². The summed E-state index contributed by atoms with van der Waals surface area (Å²) in [5.74, 6) is 2.43. The van der Waals surface area contributed by atoms with E-state index in [2.05, 4.69) is 31.8 Å². The van der Waals surface area contributed by atoms with Gasteiger partial charge in [0, 0.05) is 32.7 Å². The van der Waals surface area contributed by atoms with Crippen LogP contribution in [0.15, 0.2) is 35.5 Å². The maximum atomic E-state index is 12.6. The molecule has 6 nitrogen and oxygen atoms in total. The molecule has 1 aliphatic carbocycles. The number of amides is 1. The molecule has 0 radical (unpaired) electrons. The molecular formula is C20H27N5OS. The molecule has 2 aliphatic rings. The van der Waals surface area contributed by atoms with E-state index in [1.54, 1.807) is 0 Å². The molecule has 2 heterocycles. The average Bonchev–Trinajstić information content (AvgIpc) is 3.45. The quantitative estimate of drug-likeness (QED) is 0.685. The second kappa shape index (κ2) is 8.44. The van der Waals surface area contributed by atoms with Gasteiger partial charge in [0.05, 0.1) is 12.3 Å². The second-order valence-electron chi connectivity index (χ2n) is 7.51. The summed E-state index contributed by atoms with van der Waals surface area (Å²) in [4.78, 5) is 17.1. The molecule has 27 heavy (non-hydrogen) atoms. The Labute approximate surface area is 164 Å². The van der Waals surface area contributed by atoms with Crippen LogP contribution in [0.5, 0.6) is 0 Å². The fraction of sp³-hybridized carbons (Fsp3) is 0.550. The van der Waals surface area contributed by atoms with E-state index in [4.69, 9.17) is 0 Å². The van der Waals surface area contributed by atoms with Gasteiger partial charge in [0.25, 0.3) is 0 Å². The van der Waals surface area contributed by atoms with Crippen LogP contribution in [-0.2, 0) is 11.3 Å². The zero-order valence-electron chi connectivity index (χ0n) is 15.9. The molecule has 0 bridgehead atoms. The summed E-state index contributed by atoms with van der Waals surface area (Å²) >= 11 is 1.49. The summed E-state index contributed by atoms with van der Waals surface area (Å²) in [7, 11) is 0. The van der Waals surface area contributed by atoms with Crippen LogP contribution in [0, 0.1) is 12.8 Å². The lowest BCUT2D eigenvalue weighted by atomic mass is 10.2. The molecule has 1 aromatic heterocycles. The number of aryl methyl sites for hydroxylation is 1. The molecule has 0 atom stereocenters. The van der Waals surface area contributed by atoms with Crippen LogP contribution < -0.4 is 0 Å². The van der Waals surface area contributed by atoms with Crippen molar-refractivity contribution in [3.8, 4) is 0 Å². The summed E-state index contributed by atoms with van der Waals surface area (Å²) in [5, 5.41) is 9.30. The van der Waals surface area contributed by atoms with E-state index in [1.165, 1.54) is 36.7 Å². The Kier molecular flexibility index (Phi) is 5.78. The maximum absolute atomic E-state index is 12.6. The minimum absolute atomic E-state index is 0.206. The largest absolute Gasteiger partial charge is 0.339 e. The SMILES string of the molecule is Cc1nnc(SCC(=O)N2CCN(CC3CC3)CC2)n1Cc1ccccc1. The predicted molar refractivity (Wildman–Crippen MR) is 107 cm³/mol. The lowest BCUT2D eigenvalue weighted by molar-refractivity contribution is -0.130. The summed E-state index contributed by atoms with van der Waals surface area (Å²) in [5.41, 5.74) is 1.21. The molecule has 7 heteroatoms. The van der Waals surface area contributed by atoms with Gasteiger partial charge in [-0.15, -0.1) is 10.2 Å². The highest BCUT2D eigenvalue weighted by Gasteiger charge is 2.27. The topological polar surface area (TPSA) is 54.3 Å².